The molecule has 1 aromatic carbocycles. The highest BCUT2D eigenvalue weighted by atomic mass is 35.5. The van der Waals surface area contributed by atoms with E-state index in [2.05, 4.69) is 6.92 Å². The molecule has 0 saturated heterocycles. The van der Waals surface area contributed by atoms with Crippen LogP contribution in [0.1, 0.15) is 37.0 Å². The molecule has 0 aliphatic heterocycles. The maximum Gasteiger partial charge on any atom is 0.341 e. The molecule has 0 aliphatic rings. The van der Waals surface area contributed by atoms with Crippen LogP contribution in [0.5, 0.6) is 0 Å². The average Bonchev–Trinajstić information content (AvgIpc) is 2.29. The van der Waals surface area contributed by atoms with Crippen LogP contribution in [0.15, 0.2) is 18.2 Å². The van der Waals surface area contributed by atoms with Crippen LogP contribution in [-0.4, -0.2) is 12.6 Å². The van der Waals surface area contributed by atoms with Gasteiger partial charge in [-0.1, -0.05) is 31.9 Å². The van der Waals surface area contributed by atoms with E-state index >= 15 is 0 Å². The maximum absolute atomic E-state index is 13.3. The van der Waals surface area contributed by atoms with Crippen LogP contribution >= 0.6 is 11.6 Å². The summed E-state index contributed by atoms with van der Waals surface area (Å²) in [4.78, 5) is 11.6. The van der Waals surface area contributed by atoms with Crippen LogP contribution in [0.4, 0.5) is 4.39 Å². The SMILES string of the molecule is CCCC(C)COC(=O)c1cc(Cl)ccc1F. The van der Waals surface area contributed by atoms with Gasteiger partial charge in [0, 0.05) is 5.02 Å². The van der Waals surface area contributed by atoms with Gasteiger partial charge in [0.2, 0.25) is 0 Å². The largest absolute Gasteiger partial charge is 0.462 e. The summed E-state index contributed by atoms with van der Waals surface area (Å²) in [6, 6.07) is 3.84. The van der Waals surface area contributed by atoms with E-state index in [1.807, 2.05) is 6.92 Å². The van der Waals surface area contributed by atoms with Crippen molar-refractivity contribution in [2.75, 3.05) is 6.61 Å². The van der Waals surface area contributed by atoms with Gasteiger partial charge < -0.3 is 4.74 Å². The second kappa shape index (κ2) is 6.60. The van der Waals surface area contributed by atoms with Gasteiger partial charge in [-0.05, 0) is 30.5 Å². The predicted octanol–water partition coefficient (Wildman–Crippen LogP) is 4.07. The number of ether oxygens (including phenoxy) is 1. The molecule has 0 fully saturated rings. The van der Waals surface area contributed by atoms with Crippen LogP contribution in [-0.2, 0) is 4.74 Å². The molecule has 1 atom stereocenters. The Morgan fingerprint density at radius 1 is 1.53 bits per heavy atom. The first-order valence-corrected chi connectivity index (χ1v) is 6.04. The molecule has 0 radical (unpaired) electrons. The van der Waals surface area contributed by atoms with E-state index < -0.39 is 11.8 Å². The van der Waals surface area contributed by atoms with Crippen LogP contribution in [0.2, 0.25) is 5.02 Å². The molecule has 1 rings (SSSR count). The van der Waals surface area contributed by atoms with E-state index in [-0.39, 0.29) is 11.5 Å². The summed E-state index contributed by atoms with van der Waals surface area (Å²) in [5, 5.41) is 0.319. The predicted molar refractivity (Wildman–Crippen MR) is 65.8 cm³/mol. The molecule has 0 saturated carbocycles. The molecule has 0 heterocycles. The topological polar surface area (TPSA) is 26.3 Å². The summed E-state index contributed by atoms with van der Waals surface area (Å²) in [6.45, 7) is 4.36. The Morgan fingerprint density at radius 3 is 2.88 bits per heavy atom. The monoisotopic (exact) mass is 258 g/mol. The summed E-state index contributed by atoms with van der Waals surface area (Å²) >= 11 is 5.70. The Balaban J connectivity index is 2.61. The molecule has 0 bridgehead atoms. The summed E-state index contributed by atoms with van der Waals surface area (Å²) in [7, 11) is 0. The van der Waals surface area contributed by atoms with Gasteiger partial charge >= 0.3 is 5.97 Å². The number of hydrogen-bond donors (Lipinski definition) is 0. The minimum atomic E-state index is -0.659. The highest BCUT2D eigenvalue weighted by Gasteiger charge is 2.14. The summed E-state index contributed by atoms with van der Waals surface area (Å²) < 4.78 is 18.4. The average molecular weight is 259 g/mol. The Bertz CT molecular complexity index is 393. The van der Waals surface area contributed by atoms with E-state index in [0.717, 1.165) is 18.9 Å². The molecule has 0 aliphatic carbocycles. The molecule has 94 valence electrons. The van der Waals surface area contributed by atoms with Crippen LogP contribution in [0, 0.1) is 11.7 Å². The normalized spacial score (nSPS) is 12.2. The number of halogens is 2. The van der Waals surface area contributed by atoms with Crippen molar-refractivity contribution in [3.8, 4) is 0 Å². The molecule has 2 nitrogen and oxygen atoms in total. The molecular weight excluding hydrogens is 243 g/mol. The fraction of sp³-hybridized carbons (Fsp3) is 0.462. The van der Waals surface area contributed by atoms with Crippen LogP contribution in [0.3, 0.4) is 0 Å². The van der Waals surface area contributed by atoms with Crippen LogP contribution < -0.4 is 0 Å². The minimum Gasteiger partial charge on any atom is -0.462 e. The van der Waals surface area contributed by atoms with Crippen molar-refractivity contribution in [1.82, 2.24) is 0 Å². The van der Waals surface area contributed by atoms with Gasteiger partial charge in [0.15, 0.2) is 0 Å². The first-order valence-electron chi connectivity index (χ1n) is 5.66. The minimum absolute atomic E-state index is 0.110. The van der Waals surface area contributed by atoms with Gasteiger partial charge in [-0.15, -0.1) is 0 Å². The molecule has 1 aromatic rings. The Labute approximate surface area is 106 Å². The van der Waals surface area contributed by atoms with Gasteiger partial charge in [0.1, 0.15) is 5.82 Å². The van der Waals surface area contributed by atoms with Crippen molar-refractivity contribution >= 4 is 17.6 Å². The lowest BCUT2D eigenvalue weighted by Gasteiger charge is -2.11. The summed E-state index contributed by atoms with van der Waals surface area (Å²) in [6.07, 6.45) is 2.01. The highest BCUT2D eigenvalue weighted by molar-refractivity contribution is 6.30. The van der Waals surface area contributed by atoms with Gasteiger partial charge in [-0.25, -0.2) is 9.18 Å². The van der Waals surface area contributed by atoms with E-state index in [1.165, 1.54) is 12.1 Å². The third-order valence-electron chi connectivity index (χ3n) is 2.43. The zero-order chi connectivity index (χ0) is 12.8. The second-order valence-electron chi connectivity index (χ2n) is 4.12. The standard InChI is InChI=1S/C13H16ClFO2/c1-3-4-9(2)8-17-13(16)11-7-10(14)5-6-12(11)15/h5-7,9H,3-4,8H2,1-2H3. The molecule has 0 N–H and O–H groups in total. The Hall–Kier alpha value is -1.09. The van der Waals surface area contributed by atoms with E-state index in [4.69, 9.17) is 16.3 Å². The smallest absolute Gasteiger partial charge is 0.341 e. The Kier molecular flexibility index (Phi) is 5.42. The molecule has 17 heavy (non-hydrogen) atoms. The summed E-state index contributed by atoms with van der Waals surface area (Å²) in [5.74, 6) is -0.985. The van der Waals surface area contributed by atoms with Crippen molar-refractivity contribution in [2.45, 2.75) is 26.7 Å². The Morgan fingerprint density at radius 2 is 2.24 bits per heavy atom. The number of benzene rings is 1. The van der Waals surface area contributed by atoms with Crippen molar-refractivity contribution in [1.29, 1.82) is 0 Å². The summed E-state index contributed by atoms with van der Waals surface area (Å²) in [5.41, 5.74) is -0.110. The third kappa shape index (κ3) is 4.35. The van der Waals surface area contributed by atoms with E-state index in [9.17, 15) is 9.18 Å². The molecular formula is C13H16ClFO2. The lowest BCUT2D eigenvalue weighted by Crippen LogP contribution is -2.13. The van der Waals surface area contributed by atoms with Crippen molar-refractivity contribution < 1.29 is 13.9 Å². The maximum atomic E-state index is 13.3. The lowest BCUT2D eigenvalue weighted by molar-refractivity contribution is 0.0438. The number of carbonyl (C=O) groups excluding carboxylic acids is 1. The third-order valence-corrected chi connectivity index (χ3v) is 2.66. The first-order chi connectivity index (χ1) is 8.04. The van der Waals surface area contributed by atoms with Crippen molar-refractivity contribution in [3.63, 3.8) is 0 Å². The number of hydrogen-bond acceptors (Lipinski definition) is 2. The molecule has 0 aromatic heterocycles. The fourth-order valence-corrected chi connectivity index (χ4v) is 1.70. The van der Waals surface area contributed by atoms with Gasteiger partial charge in [0.25, 0.3) is 0 Å². The zero-order valence-corrected chi connectivity index (χ0v) is 10.8. The molecule has 0 amide bonds. The number of esters is 1. The molecule has 0 spiro atoms. The molecule has 4 heteroatoms. The fourth-order valence-electron chi connectivity index (χ4n) is 1.53. The lowest BCUT2D eigenvalue weighted by atomic mass is 10.1. The van der Waals surface area contributed by atoms with Gasteiger partial charge in [0.05, 0.1) is 12.2 Å². The number of carbonyl (C=O) groups is 1. The van der Waals surface area contributed by atoms with Crippen molar-refractivity contribution in [2.24, 2.45) is 5.92 Å². The van der Waals surface area contributed by atoms with Gasteiger partial charge in [-0.2, -0.15) is 0 Å². The first kappa shape index (κ1) is 14.0. The van der Waals surface area contributed by atoms with E-state index in [0.29, 0.717) is 11.6 Å². The van der Waals surface area contributed by atoms with Gasteiger partial charge in [-0.3, -0.25) is 0 Å². The molecule has 1 unspecified atom stereocenters. The second-order valence-corrected chi connectivity index (χ2v) is 4.55. The van der Waals surface area contributed by atoms with Crippen molar-refractivity contribution in [3.05, 3.63) is 34.6 Å². The number of rotatable bonds is 5. The highest BCUT2D eigenvalue weighted by Crippen LogP contribution is 2.16. The van der Waals surface area contributed by atoms with Crippen LogP contribution in [0.25, 0.3) is 0 Å². The zero-order valence-electron chi connectivity index (χ0n) is 10.0. The van der Waals surface area contributed by atoms with E-state index in [1.54, 1.807) is 0 Å². The quantitative estimate of drug-likeness (QED) is 0.744.